The average molecular weight is 493 g/mol. The highest BCUT2D eigenvalue weighted by Gasteiger charge is 2.43. The molecule has 0 aromatic heterocycles. The van der Waals surface area contributed by atoms with E-state index in [0.29, 0.717) is 16.9 Å². The zero-order valence-corrected chi connectivity index (χ0v) is 19.6. The van der Waals surface area contributed by atoms with Crippen LogP contribution in [-0.4, -0.2) is 47.9 Å². The summed E-state index contributed by atoms with van der Waals surface area (Å²) in [4.78, 5) is 37.5. The molecule has 7 nitrogen and oxygen atoms in total. The lowest BCUT2D eigenvalue weighted by atomic mass is 10.1. The van der Waals surface area contributed by atoms with E-state index in [-0.39, 0.29) is 13.2 Å². The molecule has 1 fully saturated rings. The van der Waals surface area contributed by atoms with Crippen LogP contribution in [0.15, 0.2) is 91.0 Å². The molecule has 0 radical (unpaired) electrons. The summed E-state index contributed by atoms with van der Waals surface area (Å²) in [5.41, 5.74) is 1.61. The predicted molar refractivity (Wildman–Crippen MR) is 130 cm³/mol. The molecule has 35 heavy (non-hydrogen) atoms. The molecule has 1 saturated heterocycles. The van der Waals surface area contributed by atoms with Crippen LogP contribution in [0.25, 0.3) is 0 Å². The van der Waals surface area contributed by atoms with E-state index in [0.717, 1.165) is 5.56 Å². The largest absolute Gasteiger partial charge is 0.509 e. The molecule has 3 aromatic carbocycles. The van der Waals surface area contributed by atoms with Crippen molar-refractivity contribution < 1.29 is 33.3 Å². The van der Waals surface area contributed by atoms with Crippen molar-refractivity contribution in [1.82, 2.24) is 0 Å². The molecule has 0 saturated carbocycles. The fraction of sp³-hybridized carbons (Fsp3) is 0.222. The van der Waals surface area contributed by atoms with Crippen LogP contribution in [0, 0.1) is 0 Å². The van der Waals surface area contributed by atoms with Gasteiger partial charge in [0.05, 0.1) is 16.4 Å². The normalized spacial score (nSPS) is 18.9. The van der Waals surface area contributed by atoms with E-state index >= 15 is 0 Å². The molecular formula is C27H24O7S. The van der Waals surface area contributed by atoms with Crippen molar-refractivity contribution in [2.45, 2.75) is 24.1 Å². The van der Waals surface area contributed by atoms with Crippen LogP contribution in [0.4, 0.5) is 4.79 Å². The van der Waals surface area contributed by atoms with Gasteiger partial charge in [-0.3, -0.25) is 0 Å². The number of thioether (sulfide) groups is 1. The molecule has 180 valence electrons. The van der Waals surface area contributed by atoms with Gasteiger partial charge in [-0.15, -0.1) is 11.8 Å². The maximum atomic E-state index is 12.7. The van der Waals surface area contributed by atoms with E-state index in [1.54, 1.807) is 54.6 Å². The molecule has 1 heterocycles. The van der Waals surface area contributed by atoms with Gasteiger partial charge in [-0.2, -0.15) is 0 Å². The first kappa shape index (κ1) is 24.3. The van der Waals surface area contributed by atoms with Crippen molar-refractivity contribution in [1.29, 1.82) is 0 Å². The summed E-state index contributed by atoms with van der Waals surface area (Å²) in [5.74, 6) is -0.671. The average Bonchev–Trinajstić information content (AvgIpc) is 3.28. The van der Waals surface area contributed by atoms with Gasteiger partial charge >= 0.3 is 18.1 Å². The van der Waals surface area contributed by atoms with E-state index < -0.39 is 35.6 Å². The smallest absolute Gasteiger partial charge is 0.461 e. The Kier molecular flexibility index (Phi) is 8.40. The zero-order valence-electron chi connectivity index (χ0n) is 18.8. The van der Waals surface area contributed by atoms with Gasteiger partial charge in [-0.25, -0.2) is 14.4 Å². The number of rotatable bonds is 8. The van der Waals surface area contributed by atoms with Gasteiger partial charge in [-0.1, -0.05) is 66.7 Å². The summed E-state index contributed by atoms with van der Waals surface area (Å²) in [6.07, 6.45) is -2.43. The van der Waals surface area contributed by atoms with Gasteiger partial charge in [-0.05, 0) is 29.8 Å². The Labute approximate surface area is 207 Å². The van der Waals surface area contributed by atoms with Gasteiger partial charge < -0.3 is 18.9 Å². The second kappa shape index (κ2) is 12.1. The van der Waals surface area contributed by atoms with Crippen molar-refractivity contribution in [3.05, 3.63) is 108 Å². The molecule has 8 heteroatoms. The van der Waals surface area contributed by atoms with Crippen LogP contribution >= 0.6 is 11.8 Å². The van der Waals surface area contributed by atoms with Gasteiger partial charge in [0, 0.05) is 5.75 Å². The van der Waals surface area contributed by atoms with Gasteiger partial charge in [0.25, 0.3) is 0 Å². The Hall–Kier alpha value is -3.78. The monoisotopic (exact) mass is 492 g/mol. The zero-order chi connectivity index (χ0) is 24.5. The molecule has 0 unspecified atom stereocenters. The van der Waals surface area contributed by atoms with Crippen LogP contribution in [-0.2, 0) is 25.6 Å². The lowest BCUT2D eigenvalue weighted by Crippen LogP contribution is -2.40. The van der Waals surface area contributed by atoms with Crippen molar-refractivity contribution in [3.8, 4) is 0 Å². The van der Waals surface area contributed by atoms with Crippen LogP contribution in [0.2, 0.25) is 0 Å². The molecule has 4 rings (SSSR count). The minimum absolute atomic E-state index is 0.00987. The molecule has 0 spiro atoms. The van der Waals surface area contributed by atoms with Crippen molar-refractivity contribution in [2.75, 3.05) is 12.4 Å². The molecule has 3 atom stereocenters. The number of carbonyl (C=O) groups is 3. The number of hydrogen-bond donors (Lipinski definition) is 0. The van der Waals surface area contributed by atoms with E-state index in [4.69, 9.17) is 18.9 Å². The Morgan fingerprint density at radius 2 is 1.29 bits per heavy atom. The van der Waals surface area contributed by atoms with Crippen molar-refractivity contribution >= 4 is 29.9 Å². The summed E-state index contributed by atoms with van der Waals surface area (Å²) in [5, 5.41) is -0.415. The Bertz CT molecular complexity index is 1120. The van der Waals surface area contributed by atoms with E-state index in [2.05, 4.69) is 0 Å². The molecule has 1 aliphatic heterocycles. The second-order valence-electron chi connectivity index (χ2n) is 7.75. The fourth-order valence-corrected chi connectivity index (χ4v) is 4.78. The Balaban J connectivity index is 1.40. The van der Waals surface area contributed by atoms with Gasteiger partial charge in [0.1, 0.15) is 13.2 Å². The first-order valence-corrected chi connectivity index (χ1v) is 12.1. The molecule has 3 aromatic rings. The summed E-state index contributed by atoms with van der Waals surface area (Å²) in [6.45, 7) is 0.0518. The summed E-state index contributed by atoms with van der Waals surface area (Å²) in [6, 6.07) is 26.4. The van der Waals surface area contributed by atoms with Crippen molar-refractivity contribution in [2.24, 2.45) is 0 Å². The molecule has 1 aliphatic rings. The van der Waals surface area contributed by atoms with E-state index in [9.17, 15) is 14.4 Å². The topological polar surface area (TPSA) is 88.1 Å². The SMILES string of the molecule is O=C(OCc1ccccc1)O[C@@H]1CS[C@H](COC(=O)c2ccccc2)[C@H]1OC(=O)c1ccccc1. The highest BCUT2D eigenvalue weighted by molar-refractivity contribution is 8.00. The third-order valence-corrected chi connectivity index (χ3v) is 6.65. The first-order chi connectivity index (χ1) is 17.1. The molecule has 0 amide bonds. The number of benzene rings is 3. The molecule has 0 bridgehead atoms. The standard InChI is InChI=1S/C27H24O7S/c28-25(20-12-6-2-7-13-20)31-17-23-24(34-26(29)21-14-8-3-9-15-21)22(18-35-23)33-27(30)32-16-19-10-4-1-5-11-19/h1-15,22-24H,16-18H2/t22-,23-,24+/m1/s1. The third-order valence-electron chi connectivity index (χ3n) is 5.30. The Morgan fingerprint density at radius 1 is 0.714 bits per heavy atom. The van der Waals surface area contributed by atoms with Crippen molar-refractivity contribution in [3.63, 3.8) is 0 Å². The molecular weight excluding hydrogens is 468 g/mol. The molecule has 0 N–H and O–H groups in total. The van der Waals surface area contributed by atoms with E-state index in [1.807, 2.05) is 36.4 Å². The highest BCUT2D eigenvalue weighted by atomic mass is 32.2. The Morgan fingerprint density at radius 3 is 1.91 bits per heavy atom. The summed E-state index contributed by atoms with van der Waals surface area (Å²) < 4.78 is 21.9. The maximum Gasteiger partial charge on any atom is 0.509 e. The van der Waals surface area contributed by atoms with Gasteiger partial charge in [0.2, 0.25) is 0 Å². The third kappa shape index (κ3) is 6.86. The second-order valence-corrected chi connectivity index (χ2v) is 9.02. The highest BCUT2D eigenvalue weighted by Crippen LogP contribution is 2.33. The summed E-state index contributed by atoms with van der Waals surface area (Å²) in [7, 11) is 0. The van der Waals surface area contributed by atoms with Crippen LogP contribution in [0.3, 0.4) is 0 Å². The maximum absolute atomic E-state index is 12.7. The van der Waals surface area contributed by atoms with E-state index in [1.165, 1.54) is 11.8 Å². The minimum atomic E-state index is -0.859. The quantitative estimate of drug-likeness (QED) is 0.324. The minimum Gasteiger partial charge on any atom is -0.461 e. The number of hydrogen-bond acceptors (Lipinski definition) is 8. The number of carbonyl (C=O) groups excluding carboxylic acids is 3. The predicted octanol–water partition coefficient (Wildman–Crippen LogP) is 4.91. The summed E-state index contributed by atoms with van der Waals surface area (Å²) >= 11 is 1.40. The van der Waals surface area contributed by atoms with Gasteiger partial charge in [0.15, 0.2) is 12.2 Å². The number of ether oxygens (including phenoxy) is 4. The van der Waals surface area contributed by atoms with Crippen LogP contribution in [0.1, 0.15) is 26.3 Å². The first-order valence-electron chi connectivity index (χ1n) is 11.1. The number of esters is 2. The fourth-order valence-electron chi connectivity index (χ4n) is 3.50. The lowest BCUT2D eigenvalue weighted by Gasteiger charge is -2.24. The molecule has 0 aliphatic carbocycles. The lowest BCUT2D eigenvalue weighted by molar-refractivity contribution is -0.0400. The van der Waals surface area contributed by atoms with Crippen LogP contribution in [0.5, 0.6) is 0 Å². The van der Waals surface area contributed by atoms with Crippen LogP contribution < -0.4 is 0 Å².